The lowest BCUT2D eigenvalue weighted by Gasteiger charge is -2.24. The van der Waals surface area contributed by atoms with Gasteiger partial charge in [0.25, 0.3) is 10.0 Å². The van der Waals surface area contributed by atoms with Gasteiger partial charge in [-0.15, -0.1) is 0 Å². The van der Waals surface area contributed by atoms with Gasteiger partial charge in [-0.25, -0.2) is 17.2 Å². The van der Waals surface area contributed by atoms with Crippen LogP contribution in [0.5, 0.6) is 0 Å². The van der Waals surface area contributed by atoms with Gasteiger partial charge in [0.2, 0.25) is 0 Å². The smallest absolute Gasteiger partial charge is 0.263 e. The van der Waals surface area contributed by atoms with E-state index in [1.54, 1.807) is 19.1 Å². The molecule has 3 rings (SSSR count). The number of anilines is 1. The first kappa shape index (κ1) is 14.0. The summed E-state index contributed by atoms with van der Waals surface area (Å²) in [5.74, 6) is -1.73. The molecule has 1 heterocycles. The summed E-state index contributed by atoms with van der Waals surface area (Å²) in [6, 6.07) is 9.17. The van der Waals surface area contributed by atoms with E-state index in [9.17, 15) is 17.2 Å². The Kier molecular flexibility index (Phi) is 3.20. The second-order valence-electron chi connectivity index (χ2n) is 5.06. The summed E-state index contributed by atoms with van der Waals surface area (Å²) in [5.41, 5.74) is 1.40. The van der Waals surface area contributed by atoms with Gasteiger partial charge in [-0.05, 0) is 43.2 Å². The topological polar surface area (TPSA) is 37.4 Å². The van der Waals surface area contributed by atoms with Crippen LogP contribution in [0.3, 0.4) is 0 Å². The number of rotatable bonds is 2. The first-order chi connectivity index (χ1) is 9.91. The van der Waals surface area contributed by atoms with Crippen molar-refractivity contribution >= 4 is 15.7 Å². The van der Waals surface area contributed by atoms with E-state index in [1.165, 1.54) is 4.31 Å². The van der Waals surface area contributed by atoms with Crippen LogP contribution in [0.2, 0.25) is 0 Å². The molecule has 2 aromatic rings. The van der Waals surface area contributed by atoms with Crippen molar-refractivity contribution in [2.75, 3.05) is 4.31 Å². The van der Waals surface area contributed by atoms with Gasteiger partial charge in [-0.3, -0.25) is 4.31 Å². The lowest BCUT2D eigenvalue weighted by atomic mass is 10.1. The van der Waals surface area contributed by atoms with Crippen LogP contribution in [-0.4, -0.2) is 14.5 Å². The summed E-state index contributed by atoms with van der Waals surface area (Å²) < 4.78 is 53.7. The van der Waals surface area contributed by atoms with E-state index in [-0.39, 0.29) is 6.04 Å². The van der Waals surface area contributed by atoms with Gasteiger partial charge in [0.1, 0.15) is 16.5 Å². The Bertz CT molecular complexity index is 805. The van der Waals surface area contributed by atoms with Crippen LogP contribution in [0, 0.1) is 11.6 Å². The minimum atomic E-state index is -4.14. The summed E-state index contributed by atoms with van der Waals surface area (Å²) in [6.45, 7) is 1.74. The molecule has 1 atom stereocenters. The highest BCUT2D eigenvalue weighted by molar-refractivity contribution is 7.92. The molecule has 21 heavy (non-hydrogen) atoms. The van der Waals surface area contributed by atoms with Crippen LogP contribution < -0.4 is 4.31 Å². The SMILES string of the molecule is CC1Cc2ccccc2N1S(=O)(=O)c1cc(F)ccc1F. The van der Waals surface area contributed by atoms with E-state index in [2.05, 4.69) is 0 Å². The maximum absolute atomic E-state index is 13.8. The van der Waals surface area contributed by atoms with Crippen molar-refractivity contribution in [2.45, 2.75) is 24.3 Å². The largest absolute Gasteiger partial charge is 0.267 e. The van der Waals surface area contributed by atoms with E-state index in [1.807, 2.05) is 12.1 Å². The van der Waals surface area contributed by atoms with Crippen LogP contribution in [0.25, 0.3) is 0 Å². The van der Waals surface area contributed by atoms with E-state index in [4.69, 9.17) is 0 Å². The maximum atomic E-state index is 13.8. The first-order valence-electron chi connectivity index (χ1n) is 6.48. The van der Waals surface area contributed by atoms with Crippen molar-refractivity contribution in [1.29, 1.82) is 0 Å². The van der Waals surface area contributed by atoms with Crippen molar-refractivity contribution in [1.82, 2.24) is 0 Å². The van der Waals surface area contributed by atoms with Crippen LogP contribution in [0.15, 0.2) is 47.4 Å². The number of hydrogen-bond acceptors (Lipinski definition) is 2. The van der Waals surface area contributed by atoms with Crippen molar-refractivity contribution in [3.8, 4) is 0 Å². The Balaban J connectivity index is 2.17. The number of benzene rings is 2. The average molecular weight is 309 g/mol. The molecule has 0 spiro atoms. The molecule has 0 amide bonds. The maximum Gasteiger partial charge on any atom is 0.267 e. The highest BCUT2D eigenvalue weighted by atomic mass is 32.2. The van der Waals surface area contributed by atoms with Crippen LogP contribution in [0.1, 0.15) is 12.5 Å². The molecule has 0 aliphatic carbocycles. The van der Waals surface area contributed by atoms with Gasteiger partial charge in [-0.1, -0.05) is 18.2 Å². The van der Waals surface area contributed by atoms with Crippen molar-refractivity contribution in [2.24, 2.45) is 0 Å². The summed E-state index contributed by atoms with van der Waals surface area (Å²) in [7, 11) is -4.14. The fourth-order valence-electron chi connectivity index (χ4n) is 2.68. The first-order valence-corrected chi connectivity index (χ1v) is 7.92. The third-order valence-electron chi connectivity index (χ3n) is 3.57. The Labute approximate surface area is 121 Å². The van der Waals surface area contributed by atoms with Gasteiger partial charge in [0, 0.05) is 6.04 Å². The molecule has 1 aliphatic rings. The zero-order valence-electron chi connectivity index (χ0n) is 11.3. The standard InChI is InChI=1S/C15H13F2NO2S/c1-10-8-11-4-2-3-5-14(11)18(10)21(19,20)15-9-12(16)6-7-13(15)17/h2-7,9-10H,8H2,1H3. The molecule has 0 saturated heterocycles. The normalized spacial score (nSPS) is 17.9. The fraction of sp³-hybridized carbons (Fsp3) is 0.200. The van der Waals surface area contributed by atoms with Crippen molar-refractivity contribution in [3.05, 3.63) is 59.7 Å². The zero-order chi connectivity index (χ0) is 15.2. The zero-order valence-corrected chi connectivity index (χ0v) is 12.1. The predicted octanol–water partition coefficient (Wildman–Crippen LogP) is 3.10. The lowest BCUT2D eigenvalue weighted by molar-refractivity contribution is 0.548. The molecule has 3 nitrogen and oxygen atoms in total. The summed E-state index contributed by atoms with van der Waals surface area (Å²) in [5, 5.41) is 0. The van der Waals surface area contributed by atoms with Crippen molar-refractivity contribution in [3.63, 3.8) is 0 Å². The monoisotopic (exact) mass is 309 g/mol. The van der Waals surface area contributed by atoms with Gasteiger partial charge < -0.3 is 0 Å². The van der Waals surface area contributed by atoms with E-state index < -0.39 is 26.6 Å². The van der Waals surface area contributed by atoms with Gasteiger partial charge in [0.05, 0.1) is 5.69 Å². The Morgan fingerprint density at radius 3 is 2.62 bits per heavy atom. The molecule has 2 aromatic carbocycles. The summed E-state index contributed by atoms with van der Waals surface area (Å²) in [4.78, 5) is -0.633. The van der Waals surface area contributed by atoms with Gasteiger partial charge >= 0.3 is 0 Å². The molecule has 1 aliphatic heterocycles. The van der Waals surface area contributed by atoms with Gasteiger partial charge in [-0.2, -0.15) is 0 Å². The van der Waals surface area contributed by atoms with E-state index in [0.29, 0.717) is 12.1 Å². The predicted molar refractivity (Wildman–Crippen MR) is 75.6 cm³/mol. The molecule has 0 bridgehead atoms. The molecule has 0 saturated carbocycles. The molecular weight excluding hydrogens is 296 g/mol. The molecule has 0 radical (unpaired) electrons. The average Bonchev–Trinajstić information content (AvgIpc) is 2.77. The molecule has 1 unspecified atom stereocenters. The third-order valence-corrected chi connectivity index (χ3v) is 5.52. The highest BCUT2D eigenvalue weighted by Crippen LogP contribution is 2.37. The Morgan fingerprint density at radius 2 is 1.86 bits per heavy atom. The lowest BCUT2D eigenvalue weighted by Crippen LogP contribution is -2.36. The Morgan fingerprint density at radius 1 is 1.14 bits per heavy atom. The molecule has 6 heteroatoms. The molecule has 110 valence electrons. The molecule has 0 aromatic heterocycles. The van der Waals surface area contributed by atoms with Crippen LogP contribution in [0.4, 0.5) is 14.5 Å². The molecule has 0 fully saturated rings. The number of para-hydroxylation sites is 1. The summed E-state index contributed by atoms with van der Waals surface area (Å²) >= 11 is 0. The Hall–Kier alpha value is -1.95. The molecule has 0 N–H and O–H groups in total. The van der Waals surface area contributed by atoms with E-state index >= 15 is 0 Å². The number of nitrogens with zero attached hydrogens (tertiary/aromatic N) is 1. The number of fused-ring (bicyclic) bond motifs is 1. The fourth-order valence-corrected chi connectivity index (χ4v) is 4.46. The minimum Gasteiger partial charge on any atom is -0.263 e. The van der Waals surface area contributed by atoms with E-state index in [0.717, 1.165) is 23.8 Å². The second kappa shape index (κ2) is 4.80. The van der Waals surface area contributed by atoms with Crippen LogP contribution >= 0.6 is 0 Å². The van der Waals surface area contributed by atoms with Crippen molar-refractivity contribution < 1.29 is 17.2 Å². The molecular formula is C15H13F2NO2S. The quantitative estimate of drug-likeness (QED) is 0.855. The second-order valence-corrected chi connectivity index (χ2v) is 6.84. The number of halogens is 2. The summed E-state index contributed by atoms with van der Waals surface area (Å²) in [6.07, 6.45) is 0.548. The third kappa shape index (κ3) is 2.19. The van der Waals surface area contributed by atoms with Gasteiger partial charge in [0.15, 0.2) is 0 Å². The minimum absolute atomic E-state index is 0.338. The number of sulfonamides is 1. The highest BCUT2D eigenvalue weighted by Gasteiger charge is 2.37. The van der Waals surface area contributed by atoms with Crippen LogP contribution in [-0.2, 0) is 16.4 Å². The number of hydrogen-bond donors (Lipinski definition) is 0.